The second-order valence-corrected chi connectivity index (χ2v) is 13.0. The molecule has 2 aromatic heterocycles. The summed E-state index contributed by atoms with van der Waals surface area (Å²) in [6.45, 7) is 14.8. The third kappa shape index (κ3) is 8.29. The molecule has 3 heterocycles. The zero-order valence-electron chi connectivity index (χ0n) is 26.6. The lowest BCUT2D eigenvalue weighted by atomic mass is 10.1. The Balaban J connectivity index is 1.41. The van der Waals surface area contributed by atoms with Crippen LogP contribution < -0.4 is 5.32 Å². The first kappa shape index (κ1) is 30.9. The van der Waals surface area contributed by atoms with Crippen LogP contribution in [0.4, 0.5) is 11.6 Å². The predicted octanol–water partition coefficient (Wildman–Crippen LogP) is 7.98. The fourth-order valence-corrected chi connectivity index (χ4v) is 5.89. The smallest absolute Gasteiger partial charge is 0.253 e. The molecule has 0 saturated carbocycles. The molecule has 1 fully saturated rings. The standard InChI is InChI=1S/C36H50N6O/c1-28(2)17-25-41(26-18-29(3)4)35(43)30-11-16-33-34(27-30)42(24-10-21-39-19-6-5-7-20-39)36(38-33)37-31-12-14-32(15-13-31)40-22-8-9-23-40/h8-9,11-16,22-23,27-29H,5-7,10,17-21,24-26H2,1-4H3,(H,37,38). The van der Waals surface area contributed by atoms with Crippen LogP contribution in [0.5, 0.6) is 0 Å². The number of hydrogen-bond acceptors (Lipinski definition) is 4. The van der Waals surface area contributed by atoms with Crippen LogP contribution in [0.25, 0.3) is 16.7 Å². The summed E-state index contributed by atoms with van der Waals surface area (Å²) in [7, 11) is 0. The van der Waals surface area contributed by atoms with Gasteiger partial charge in [0.05, 0.1) is 11.0 Å². The molecule has 1 amide bonds. The van der Waals surface area contributed by atoms with Gasteiger partial charge >= 0.3 is 0 Å². The van der Waals surface area contributed by atoms with Crippen molar-refractivity contribution in [3.63, 3.8) is 0 Å². The molecule has 0 bridgehead atoms. The van der Waals surface area contributed by atoms with Gasteiger partial charge in [0.25, 0.3) is 5.91 Å². The molecule has 0 unspecified atom stereocenters. The van der Waals surface area contributed by atoms with Crippen molar-refractivity contribution in [2.45, 2.75) is 72.8 Å². The SMILES string of the molecule is CC(C)CCN(CCC(C)C)C(=O)c1ccc2nc(Nc3ccc(-n4cccc4)cc3)n(CCCN3CCCCC3)c2c1. The van der Waals surface area contributed by atoms with Gasteiger partial charge in [-0.3, -0.25) is 4.79 Å². The molecule has 43 heavy (non-hydrogen) atoms. The van der Waals surface area contributed by atoms with Crippen LogP contribution in [-0.2, 0) is 6.54 Å². The molecule has 1 saturated heterocycles. The average Bonchev–Trinajstić information content (AvgIpc) is 3.66. The summed E-state index contributed by atoms with van der Waals surface area (Å²) in [5.74, 6) is 2.07. The van der Waals surface area contributed by atoms with Crippen molar-refractivity contribution in [1.82, 2.24) is 23.9 Å². The number of amides is 1. The van der Waals surface area contributed by atoms with Crippen LogP contribution in [-0.4, -0.2) is 62.5 Å². The number of carbonyl (C=O) groups is 1. The summed E-state index contributed by atoms with van der Waals surface area (Å²) in [5.41, 5.74) is 4.79. The minimum atomic E-state index is 0.124. The van der Waals surface area contributed by atoms with E-state index < -0.39 is 0 Å². The molecule has 230 valence electrons. The van der Waals surface area contributed by atoms with E-state index in [-0.39, 0.29) is 5.91 Å². The van der Waals surface area contributed by atoms with Crippen molar-refractivity contribution >= 4 is 28.6 Å². The van der Waals surface area contributed by atoms with Gasteiger partial charge in [-0.25, -0.2) is 4.98 Å². The molecule has 7 nitrogen and oxygen atoms in total. The van der Waals surface area contributed by atoms with E-state index in [2.05, 4.69) is 94.7 Å². The number of likely N-dealkylation sites (tertiary alicyclic amines) is 1. The van der Waals surface area contributed by atoms with Gasteiger partial charge in [0.2, 0.25) is 5.95 Å². The number of piperidine rings is 1. The Morgan fingerprint density at radius 1 is 0.884 bits per heavy atom. The van der Waals surface area contributed by atoms with E-state index in [0.29, 0.717) is 11.8 Å². The number of aryl methyl sites for hydroxylation is 1. The van der Waals surface area contributed by atoms with Gasteiger partial charge in [-0.2, -0.15) is 0 Å². The molecular weight excluding hydrogens is 532 g/mol. The highest BCUT2D eigenvalue weighted by Crippen LogP contribution is 2.26. The summed E-state index contributed by atoms with van der Waals surface area (Å²) >= 11 is 0. The number of fused-ring (bicyclic) bond motifs is 1. The highest BCUT2D eigenvalue weighted by Gasteiger charge is 2.20. The Labute approximate surface area is 257 Å². The average molecular weight is 583 g/mol. The highest BCUT2D eigenvalue weighted by atomic mass is 16.2. The number of aromatic nitrogens is 3. The second-order valence-electron chi connectivity index (χ2n) is 13.0. The van der Waals surface area contributed by atoms with Crippen molar-refractivity contribution in [2.24, 2.45) is 11.8 Å². The summed E-state index contributed by atoms with van der Waals surface area (Å²) < 4.78 is 4.38. The minimum absolute atomic E-state index is 0.124. The Morgan fingerprint density at radius 3 is 2.21 bits per heavy atom. The topological polar surface area (TPSA) is 58.3 Å². The summed E-state index contributed by atoms with van der Waals surface area (Å²) in [5, 5.41) is 3.59. The molecule has 2 aromatic carbocycles. The molecule has 1 aliphatic rings. The fraction of sp³-hybridized carbons (Fsp3) is 0.500. The largest absolute Gasteiger partial charge is 0.339 e. The normalized spacial score (nSPS) is 14.2. The molecule has 1 aliphatic heterocycles. The number of hydrogen-bond donors (Lipinski definition) is 1. The van der Waals surface area contributed by atoms with Gasteiger partial charge in [0.15, 0.2) is 0 Å². The number of carbonyl (C=O) groups excluding carboxylic acids is 1. The first-order valence-corrected chi connectivity index (χ1v) is 16.4. The van der Waals surface area contributed by atoms with Gasteiger partial charge in [-0.05, 0) is 118 Å². The molecule has 0 spiro atoms. The monoisotopic (exact) mass is 582 g/mol. The van der Waals surface area contributed by atoms with E-state index in [9.17, 15) is 4.79 Å². The Kier molecular flexibility index (Phi) is 10.6. The lowest BCUT2D eigenvalue weighted by Crippen LogP contribution is -2.34. The maximum Gasteiger partial charge on any atom is 0.253 e. The van der Waals surface area contributed by atoms with Crippen LogP contribution in [0.3, 0.4) is 0 Å². The summed E-state index contributed by atoms with van der Waals surface area (Å²) in [6.07, 6.45) is 11.1. The molecule has 0 atom stereocenters. The van der Waals surface area contributed by atoms with Crippen molar-refractivity contribution in [3.05, 3.63) is 72.6 Å². The van der Waals surface area contributed by atoms with E-state index in [1.165, 1.54) is 32.4 Å². The quantitative estimate of drug-likeness (QED) is 0.164. The van der Waals surface area contributed by atoms with Crippen LogP contribution >= 0.6 is 0 Å². The van der Waals surface area contributed by atoms with Crippen molar-refractivity contribution in [2.75, 3.05) is 38.0 Å². The molecule has 5 rings (SSSR count). The molecule has 1 N–H and O–H groups in total. The Bertz CT molecular complexity index is 1420. The third-order valence-corrected chi connectivity index (χ3v) is 8.57. The summed E-state index contributed by atoms with van der Waals surface area (Å²) in [4.78, 5) is 23.5. The Morgan fingerprint density at radius 2 is 1.56 bits per heavy atom. The lowest BCUT2D eigenvalue weighted by Gasteiger charge is -2.26. The van der Waals surface area contributed by atoms with Crippen LogP contribution in [0, 0.1) is 11.8 Å². The van der Waals surface area contributed by atoms with E-state index in [4.69, 9.17) is 4.98 Å². The maximum atomic E-state index is 13.8. The highest BCUT2D eigenvalue weighted by molar-refractivity contribution is 5.98. The van der Waals surface area contributed by atoms with Crippen LogP contribution in [0.15, 0.2) is 67.0 Å². The Hall–Kier alpha value is -3.58. The van der Waals surface area contributed by atoms with Gasteiger partial charge in [0, 0.05) is 49.0 Å². The molecule has 0 aliphatic carbocycles. The molecule has 0 radical (unpaired) electrons. The minimum Gasteiger partial charge on any atom is -0.339 e. The van der Waals surface area contributed by atoms with E-state index in [1.807, 2.05) is 24.3 Å². The predicted molar refractivity (Wildman–Crippen MR) is 179 cm³/mol. The van der Waals surface area contributed by atoms with Gasteiger partial charge in [-0.15, -0.1) is 0 Å². The fourth-order valence-electron chi connectivity index (χ4n) is 5.89. The van der Waals surface area contributed by atoms with Gasteiger partial charge in [0.1, 0.15) is 0 Å². The number of anilines is 2. The zero-order chi connectivity index (χ0) is 30.2. The van der Waals surface area contributed by atoms with E-state index in [0.717, 1.165) is 79.4 Å². The molecular formula is C36H50N6O. The maximum absolute atomic E-state index is 13.8. The number of imidazole rings is 1. The number of benzene rings is 2. The van der Waals surface area contributed by atoms with Crippen molar-refractivity contribution in [1.29, 1.82) is 0 Å². The van der Waals surface area contributed by atoms with Gasteiger partial charge in [-0.1, -0.05) is 34.1 Å². The number of nitrogens with zero attached hydrogens (tertiary/aromatic N) is 5. The lowest BCUT2D eigenvalue weighted by molar-refractivity contribution is 0.0741. The van der Waals surface area contributed by atoms with Crippen LogP contribution in [0.2, 0.25) is 0 Å². The van der Waals surface area contributed by atoms with Crippen molar-refractivity contribution in [3.8, 4) is 5.69 Å². The number of rotatable bonds is 14. The zero-order valence-corrected chi connectivity index (χ0v) is 26.6. The van der Waals surface area contributed by atoms with Crippen molar-refractivity contribution < 1.29 is 4.79 Å². The second kappa shape index (κ2) is 14.7. The van der Waals surface area contributed by atoms with Crippen LogP contribution in [0.1, 0.15) is 76.6 Å². The summed E-state index contributed by atoms with van der Waals surface area (Å²) in [6, 6.07) is 18.6. The third-order valence-electron chi connectivity index (χ3n) is 8.57. The number of nitrogens with one attached hydrogen (secondary N) is 1. The first-order valence-electron chi connectivity index (χ1n) is 16.4. The van der Waals surface area contributed by atoms with E-state index in [1.54, 1.807) is 0 Å². The first-order chi connectivity index (χ1) is 20.9. The van der Waals surface area contributed by atoms with Gasteiger partial charge < -0.3 is 24.3 Å². The molecule has 4 aromatic rings. The molecule has 7 heteroatoms. The van der Waals surface area contributed by atoms with E-state index >= 15 is 0 Å².